The van der Waals surface area contributed by atoms with Crippen molar-refractivity contribution >= 4 is 0 Å². The second kappa shape index (κ2) is 4.55. The highest BCUT2D eigenvalue weighted by Gasteiger charge is 2.13. The second-order valence-corrected chi connectivity index (χ2v) is 2.72. The average molecular weight is 164 g/mol. The highest BCUT2D eigenvalue weighted by Crippen LogP contribution is 2.22. The minimum absolute atomic E-state index is 0.176. The van der Waals surface area contributed by atoms with Gasteiger partial charge >= 0.3 is 0 Å². The van der Waals surface area contributed by atoms with Crippen LogP contribution < -0.4 is 0 Å². The van der Waals surface area contributed by atoms with Crippen molar-refractivity contribution in [2.75, 3.05) is 0 Å². The normalized spacial score (nSPS) is 12.3. The van der Waals surface area contributed by atoms with Gasteiger partial charge in [0.1, 0.15) is 6.26 Å². The highest BCUT2D eigenvalue weighted by atomic mass is 16.3. The predicted octanol–water partition coefficient (Wildman–Crippen LogP) is 2.47. The standard InChI is InChI=1S/C9H12N2O/c1-2-3-8(4-5-10)9-11-6-7-12-9/h6-8H,2-4H2,1H3. The monoisotopic (exact) mass is 164 g/mol. The van der Waals surface area contributed by atoms with Crippen LogP contribution in [0.3, 0.4) is 0 Å². The van der Waals surface area contributed by atoms with E-state index in [0.717, 1.165) is 12.8 Å². The largest absolute Gasteiger partial charge is 0.449 e. The zero-order chi connectivity index (χ0) is 8.81. The third kappa shape index (κ3) is 2.09. The zero-order valence-electron chi connectivity index (χ0n) is 7.16. The first-order valence-corrected chi connectivity index (χ1v) is 4.14. The predicted molar refractivity (Wildman–Crippen MR) is 44.4 cm³/mol. The first-order valence-electron chi connectivity index (χ1n) is 4.14. The van der Waals surface area contributed by atoms with Crippen LogP contribution in [0.4, 0.5) is 0 Å². The van der Waals surface area contributed by atoms with Crippen LogP contribution >= 0.6 is 0 Å². The minimum atomic E-state index is 0.176. The van der Waals surface area contributed by atoms with Crippen molar-refractivity contribution in [2.24, 2.45) is 0 Å². The summed E-state index contributed by atoms with van der Waals surface area (Å²) in [6, 6.07) is 2.14. The van der Waals surface area contributed by atoms with Gasteiger partial charge in [0.2, 0.25) is 0 Å². The van der Waals surface area contributed by atoms with Crippen LogP contribution in [-0.4, -0.2) is 4.98 Å². The van der Waals surface area contributed by atoms with Gasteiger partial charge in [-0.15, -0.1) is 0 Å². The number of aromatic nitrogens is 1. The third-order valence-corrected chi connectivity index (χ3v) is 1.78. The Hall–Kier alpha value is -1.30. The Morgan fingerprint density at radius 2 is 2.58 bits per heavy atom. The number of hydrogen-bond acceptors (Lipinski definition) is 3. The summed E-state index contributed by atoms with van der Waals surface area (Å²) < 4.78 is 5.14. The Morgan fingerprint density at radius 1 is 1.75 bits per heavy atom. The molecule has 1 atom stereocenters. The molecular formula is C9H12N2O. The molecule has 0 radical (unpaired) electrons. The van der Waals surface area contributed by atoms with E-state index in [1.807, 2.05) is 0 Å². The van der Waals surface area contributed by atoms with Gasteiger partial charge in [-0.05, 0) is 6.42 Å². The SMILES string of the molecule is CCCC(CC#N)c1ncco1. The van der Waals surface area contributed by atoms with E-state index in [-0.39, 0.29) is 5.92 Å². The van der Waals surface area contributed by atoms with Crippen LogP contribution in [0.2, 0.25) is 0 Å². The second-order valence-electron chi connectivity index (χ2n) is 2.72. The fourth-order valence-corrected chi connectivity index (χ4v) is 1.21. The van der Waals surface area contributed by atoms with Gasteiger partial charge in [-0.1, -0.05) is 13.3 Å². The average Bonchev–Trinajstić information content (AvgIpc) is 2.56. The van der Waals surface area contributed by atoms with E-state index in [2.05, 4.69) is 18.0 Å². The van der Waals surface area contributed by atoms with Gasteiger partial charge in [0.15, 0.2) is 5.89 Å². The van der Waals surface area contributed by atoms with Gasteiger partial charge < -0.3 is 4.42 Å². The number of nitrogens with zero attached hydrogens (tertiary/aromatic N) is 2. The molecule has 0 amide bonds. The maximum atomic E-state index is 8.54. The molecule has 3 heteroatoms. The molecule has 0 bridgehead atoms. The van der Waals surface area contributed by atoms with Gasteiger partial charge in [0.25, 0.3) is 0 Å². The topological polar surface area (TPSA) is 49.8 Å². The molecule has 12 heavy (non-hydrogen) atoms. The molecule has 0 aromatic carbocycles. The minimum Gasteiger partial charge on any atom is -0.449 e. The van der Waals surface area contributed by atoms with Crippen molar-refractivity contribution in [3.63, 3.8) is 0 Å². The van der Waals surface area contributed by atoms with Crippen LogP contribution in [-0.2, 0) is 0 Å². The lowest BCUT2D eigenvalue weighted by molar-refractivity contribution is 0.431. The van der Waals surface area contributed by atoms with E-state index in [9.17, 15) is 0 Å². The van der Waals surface area contributed by atoms with E-state index in [1.165, 1.54) is 0 Å². The fourth-order valence-electron chi connectivity index (χ4n) is 1.21. The molecule has 1 heterocycles. The summed E-state index contributed by atoms with van der Waals surface area (Å²) in [6.45, 7) is 2.09. The Morgan fingerprint density at radius 3 is 3.08 bits per heavy atom. The molecular weight excluding hydrogens is 152 g/mol. The van der Waals surface area contributed by atoms with E-state index in [0.29, 0.717) is 12.3 Å². The number of rotatable bonds is 4. The summed E-state index contributed by atoms with van der Waals surface area (Å²) in [4.78, 5) is 4.04. The summed E-state index contributed by atoms with van der Waals surface area (Å²) in [5.41, 5.74) is 0. The Bertz CT molecular complexity index is 248. The third-order valence-electron chi connectivity index (χ3n) is 1.78. The summed E-state index contributed by atoms with van der Waals surface area (Å²) in [6.07, 6.45) is 5.68. The highest BCUT2D eigenvalue weighted by molar-refractivity contribution is 4.96. The van der Waals surface area contributed by atoms with E-state index >= 15 is 0 Å². The van der Waals surface area contributed by atoms with Crippen LogP contribution in [0.5, 0.6) is 0 Å². The first kappa shape index (κ1) is 8.79. The molecule has 3 nitrogen and oxygen atoms in total. The van der Waals surface area contributed by atoms with Crippen LogP contribution in [0.25, 0.3) is 0 Å². The van der Waals surface area contributed by atoms with E-state index in [4.69, 9.17) is 9.68 Å². The lowest BCUT2D eigenvalue weighted by Gasteiger charge is -2.06. The Labute approximate surface area is 72.0 Å². The molecule has 0 saturated carbocycles. The van der Waals surface area contributed by atoms with Gasteiger partial charge in [0.05, 0.1) is 12.3 Å². The molecule has 0 aliphatic rings. The van der Waals surface area contributed by atoms with Crippen molar-refractivity contribution in [3.05, 3.63) is 18.4 Å². The fraction of sp³-hybridized carbons (Fsp3) is 0.556. The van der Waals surface area contributed by atoms with Crippen molar-refractivity contribution < 1.29 is 4.42 Å². The van der Waals surface area contributed by atoms with Gasteiger partial charge in [-0.3, -0.25) is 0 Å². The molecule has 0 spiro atoms. The lowest BCUT2D eigenvalue weighted by atomic mass is 10.0. The lowest BCUT2D eigenvalue weighted by Crippen LogP contribution is -1.97. The number of nitriles is 1. The van der Waals surface area contributed by atoms with E-state index < -0.39 is 0 Å². The smallest absolute Gasteiger partial charge is 0.198 e. The molecule has 0 aliphatic carbocycles. The molecule has 1 aromatic rings. The molecule has 1 unspecified atom stereocenters. The number of hydrogen-bond donors (Lipinski definition) is 0. The van der Waals surface area contributed by atoms with Gasteiger partial charge in [-0.2, -0.15) is 5.26 Å². The Balaban J connectivity index is 2.61. The van der Waals surface area contributed by atoms with Crippen LogP contribution in [0.1, 0.15) is 38.0 Å². The quantitative estimate of drug-likeness (QED) is 0.686. The summed E-state index contributed by atoms with van der Waals surface area (Å²) >= 11 is 0. The van der Waals surface area contributed by atoms with Crippen molar-refractivity contribution in [1.82, 2.24) is 4.98 Å². The number of oxazole rings is 1. The van der Waals surface area contributed by atoms with Crippen molar-refractivity contribution in [3.8, 4) is 6.07 Å². The maximum absolute atomic E-state index is 8.54. The Kier molecular flexibility index (Phi) is 3.34. The molecule has 0 aliphatic heterocycles. The van der Waals surface area contributed by atoms with Gasteiger partial charge in [-0.25, -0.2) is 4.98 Å². The molecule has 0 saturated heterocycles. The first-order chi connectivity index (χ1) is 5.88. The molecule has 1 aromatic heterocycles. The van der Waals surface area contributed by atoms with Gasteiger partial charge in [0, 0.05) is 12.3 Å². The molecule has 0 N–H and O–H groups in total. The van der Waals surface area contributed by atoms with Crippen molar-refractivity contribution in [2.45, 2.75) is 32.1 Å². The summed E-state index contributed by atoms with van der Waals surface area (Å²) in [7, 11) is 0. The maximum Gasteiger partial charge on any atom is 0.198 e. The summed E-state index contributed by atoms with van der Waals surface area (Å²) in [5, 5.41) is 8.54. The van der Waals surface area contributed by atoms with Crippen molar-refractivity contribution in [1.29, 1.82) is 5.26 Å². The zero-order valence-corrected chi connectivity index (χ0v) is 7.16. The van der Waals surface area contributed by atoms with E-state index in [1.54, 1.807) is 12.5 Å². The molecule has 1 rings (SSSR count). The summed E-state index contributed by atoms with van der Waals surface area (Å²) in [5.74, 6) is 0.869. The van der Waals surface area contributed by atoms with Crippen LogP contribution in [0, 0.1) is 11.3 Å². The van der Waals surface area contributed by atoms with Crippen LogP contribution in [0.15, 0.2) is 16.9 Å². The molecule has 0 fully saturated rings. The molecule has 64 valence electrons.